The molecule has 2 heteroatoms. The Balaban J connectivity index is 2.26. The summed E-state index contributed by atoms with van der Waals surface area (Å²) in [5, 5.41) is 0.503. The third-order valence-corrected chi connectivity index (χ3v) is 12.1. The predicted molar refractivity (Wildman–Crippen MR) is 83.7 cm³/mol. The first-order chi connectivity index (χ1) is 8.65. The molecule has 0 aliphatic heterocycles. The van der Waals surface area contributed by atoms with E-state index in [2.05, 4.69) is 61.2 Å². The van der Waals surface area contributed by atoms with E-state index >= 15 is 0 Å². The van der Waals surface area contributed by atoms with Crippen molar-refractivity contribution < 1.29 is 20.4 Å². The average Bonchev–Trinajstić information content (AvgIpc) is 2.54. The fraction of sp³-hybridized carbons (Fsp3) is 0.765. The van der Waals surface area contributed by atoms with E-state index in [9.17, 15) is 0 Å². The molecular formula is C17H29SiTi. The molecule has 2 aliphatic carbocycles. The Morgan fingerprint density at radius 3 is 2.26 bits per heavy atom. The normalized spacial score (nSPS) is 25.0. The summed E-state index contributed by atoms with van der Waals surface area (Å²) in [6.45, 7) is 15.0. The molecule has 1 atom stereocenters. The first-order valence-corrected chi connectivity index (χ1v) is 11.8. The van der Waals surface area contributed by atoms with Gasteiger partial charge < -0.3 is 0 Å². The Morgan fingerprint density at radius 1 is 1.16 bits per heavy atom. The van der Waals surface area contributed by atoms with Crippen LogP contribution in [0.4, 0.5) is 0 Å². The van der Waals surface area contributed by atoms with Crippen LogP contribution in [0.25, 0.3) is 0 Å². The molecule has 2 aliphatic rings. The van der Waals surface area contributed by atoms with Gasteiger partial charge in [0, 0.05) is 0 Å². The molecule has 1 unspecified atom stereocenters. The molecule has 19 heavy (non-hydrogen) atoms. The van der Waals surface area contributed by atoms with Gasteiger partial charge in [0.25, 0.3) is 0 Å². The molecule has 0 aromatic carbocycles. The molecule has 0 saturated carbocycles. The van der Waals surface area contributed by atoms with Gasteiger partial charge in [0.2, 0.25) is 0 Å². The molecule has 0 spiro atoms. The van der Waals surface area contributed by atoms with Crippen molar-refractivity contribution in [2.24, 2.45) is 5.92 Å². The Kier molecular flexibility index (Phi) is 4.42. The summed E-state index contributed by atoms with van der Waals surface area (Å²) >= 11 is 2.41. The van der Waals surface area contributed by atoms with Gasteiger partial charge in [-0.3, -0.25) is 0 Å². The van der Waals surface area contributed by atoms with Crippen molar-refractivity contribution in [2.45, 2.75) is 77.6 Å². The van der Waals surface area contributed by atoms with Crippen LogP contribution in [0.1, 0.15) is 53.4 Å². The average molecular weight is 309 g/mol. The van der Waals surface area contributed by atoms with Crippen LogP contribution >= 0.6 is 0 Å². The molecule has 0 heterocycles. The summed E-state index contributed by atoms with van der Waals surface area (Å²) in [4.78, 5) is 0. The zero-order valence-corrected chi connectivity index (χ0v) is 16.2. The van der Waals surface area contributed by atoms with Gasteiger partial charge in [-0.25, -0.2) is 0 Å². The van der Waals surface area contributed by atoms with E-state index in [0.29, 0.717) is 5.04 Å². The second kappa shape index (κ2) is 5.31. The number of hydrogen-bond donors (Lipinski definition) is 0. The first kappa shape index (κ1) is 15.8. The Bertz CT molecular complexity index is 435. The van der Waals surface area contributed by atoms with E-state index < -0.39 is 8.07 Å². The molecule has 0 N–H and O–H groups in total. The molecule has 105 valence electrons. The van der Waals surface area contributed by atoms with Gasteiger partial charge in [-0.1, -0.05) is 0 Å². The van der Waals surface area contributed by atoms with Gasteiger partial charge >= 0.3 is 133 Å². The monoisotopic (exact) mass is 309 g/mol. The topological polar surface area (TPSA) is 0 Å². The van der Waals surface area contributed by atoms with E-state index in [1.54, 1.807) is 20.6 Å². The summed E-state index contributed by atoms with van der Waals surface area (Å²) in [5.41, 5.74) is 5.36. The first-order valence-electron chi connectivity index (χ1n) is 7.82. The maximum absolute atomic E-state index is 2.58. The van der Waals surface area contributed by atoms with Gasteiger partial charge in [-0.15, -0.1) is 0 Å². The fourth-order valence-electron chi connectivity index (χ4n) is 3.30. The number of allylic oxidation sites excluding steroid dienone is 4. The van der Waals surface area contributed by atoms with E-state index in [1.165, 1.54) is 31.7 Å². The Labute approximate surface area is 132 Å². The summed E-state index contributed by atoms with van der Waals surface area (Å²) in [6.07, 6.45) is 5.56. The summed E-state index contributed by atoms with van der Waals surface area (Å²) in [5.74, 6) is 0.754. The molecule has 0 radical (unpaired) electrons. The minimum atomic E-state index is -1.20. The van der Waals surface area contributed by atoms with Crippen LogP contribution in [0.3, 0.4) is 0 Å². The van der Waals surface area contributed by atoms with Gasteiger partial charge in [0.15, 0.2) is 0 Å². The van der Waals surface area contributed by atoms with Gasteiger partial charge in [0.1, 0.15) is 0 Å². The third kappa shape index (κ3) is 2.89. The second-order valence-electron chi connectivity index (χ2n) is 8.14. The number of hydrogen-bond acceptors (Lipinski definition) is 0. The van der Waals surface area contributed by atoms with E-state index in [-0.39, 0.29) is 0 Å². The SMILES string of the molecule is CC1C(C[Si](C)(C)C(C)(C)C)=[C]([Ti])C2=C1CCCC2. The van der Waals surface area contributed by atoms with Crippen molar-refractivity contribution in [2.75, 3.05) is 0 Å². The van der Waals surface area contributed by atoms with Crippen LogP contribution in [-0.2, 0) is 20.4 Å². The number of rotatable bonds is 2. The molecule has 0 saturated heterocycles. The van der Waals surface area contributed by atoms with E-state index in [1.807, 2.05) is 0 Å². The van der Waals surface area contributed by atoms with Crippen molar-refractivity contribution in [1.29, 1.82) is 0 Å². The summed E-state index contributed by atoms with van der Waals surface area (Å²) in [6, 6.07) is 1.40. The Hall–Kier alpha value is 0.411. The van der Waals surface area contributed by atoms with Crippen LogP contribution < -0.4 is 0 Å². The second-order valence-corrected chi connectivity index (χ2v) is 14.5. The quantitative estimate of drug-likeness (QED) is 0.564. The molecule has 2 rings (SSSR count). The van der Waals surface area contributed by atoms with E-state index in [4.69, 9.17) is 0 Å². The van der Waals surface area contributed by atoms with Crippen LogP contribution in [-0.4, -0.2) is 8.07 Å². The molecule has 0 aromatic rings. The molecule has 0 bridgehead atoms. The Morgan fingerprint density at radius 2 is 1.74 bits per heavy atom. The van der Waals surface area contributed by atoms with Crippen molar-refractivity contribution in [1.82, 2.24) is 0 Å². The fourth-order valence-corrected chi connectivity index (χ4v) is 6.46. The van der Waals surface area contributed by atoms with Crippen LogP contribution in [0.2, 0.25) is 24.2 Å². The third-order valence-electron chi connectivity index (χ3n) is 5.84. The molecule has 0 aromatic heterocycles. The molecule has 0 nitrogen and oxygen atoms in total. The summed E-state index contributed by atoms with van der Waals surface area (Å²) < 4.78 is 1.69. The van der Waals surface area contributed by atoms with Crippen molar-refractivity contribution in [3.05, 3.63) is 20.6 Å². The van der Waals surface area contributed by atoms with Crippen LogP contribution in [0.5, 0.6) is 0 Å². The maximum atomic E-state index is 2.58. The van der Waals surface area contributed by atoms with E-state index in [0.717, 1.165) is 5.92 Å². The van der Waals surface area contributed by atoms with Gasteiger partial charge in [0.05, 0.1) is 0 Å². The molecule has 0 amide bonds. The van der Waals surface area contributed by atoms with Gasteiger partial charge in [-0.2, -0.15) is 0 Å². The van der Waals surface area contributed by atoms with Gasteiger partial charge in [-0.05, 0) is 0 Å². The summed E-state index contributed by atoms with van der Waals surface area (Å²) in [7, 11) is -1.20. The zero-order chi connectivity index (χ0) is 14.4. The molecule has 0 fully saturated rings. The predicted octanol–water partition coefficient (Wildman–Crippen LogP) is 5.82. The van der Waals surface area contributed by atoms with Crippen molar-refractivity contribution in [3.8, 4) is 0 Å². The standard InChI is InChI=1S/C17H29Si.Ti/c1-13-15(12-18(5,6)17(2,3)4)11-14-9-7-8-10-16(13)14;/h13H,7-10,12H2,1-6H3;. The molecular weight excluding hydrogens is 280 g/mol. The van der Waals surface area contributed by atoms with Crippen LogP contribution in [0.15, 0.2) is 20.6 Å². The van der Waals surface area contributed by atoms with Crippen molar-refractivity contribution in [3.63, 3.8) is 0 Å². The van der Waals surface area contributed by atoms with Crippen LogP contribution in [0, 0.1) is 5.92 Å². The minimum absolute atomic E-state index is 0.503. The zero-order valence-electron chi connectivity index (χ0n) is 13.6. The van der Waals surface area contributed by atoms with Crippen molar-refractivity contribution >= 4 is 8.07 Å².